The van der Waals surface area contributed by atoms with Crippen LogP contribution in [0.25, 0.3) is 0 Å². The number of rotatable bonds is 2. The van der Waals surface area contributed by atoms with E-state index in [4.69, 9.17) is 4.84 Å². The second kappa shape index (κ2) is 3.80. The van der Waals surface area contributed by atoms with Gasteiger partial charge in [-0.15, -0.1) is 0 Å². The van der Waals surface area contributed by atoms with E-state index in [0.29, 0.717) is 6.42 Å². The van der Waals surface area contributed by atoms with Crippen molar-refractivity contribution in [2.45, 2.75) is 12.3 Å². The maximum Gasteiger partial charge on any atom is 0.240 e. The molecule has 1 N–H and O–H groups in total. The van der Waals surface area contributed by atoms with E-state index in [1.807, 2.05) is 30.3 Å². The van der Waals surface area contributed by atoms with Crippen LogP contribution in [0.4, 0.5) is 0 Å². The van der Waals surface area contributed by atoms with E-state index in [1.54, 1.807) is 0 Å². The van der Waals surface area contributed by atoms with E-state index in [9.17, 15) is 9.46 Å². The molecule has 2 atom stereocenters. The van der Waals surface area contributed by atoms with Gasteiger partial charge in [0.05, 0.1) is 5.71 Å². The third kappa shape index (κ3) is 2.28. The van der Waals surface area contributed by atoms with Crippen LogP contribution in [-0.4, -0.2) is 23.1 Å². The van der Waals surface area contributed by atoms with Gasteiger partial charge in [-0.2, -0.15) is 0 Å². The van der Waals surface area contributed by atoms with Crippen molar-refractivity contribution in [3.8, 4) is 0 Å². The molecule has 0 fully saturated rings. The molecule has 0 aromatic heterocycles. The highest BCUT2D eigenvalue weighted by Gasteiger charge is 2.34. The van der Waals surface area contributed by atoms with Crippen molar-refractivity contribution in [1.82, 2.24) is 0 Å². The molecule has 1 aromatic rings. The predicted octanol–water partition coefficient (Wildman–Crippen LogP) is 2.04. The lowest BCUT2D eigenvalue weighted by Crippen LogP contribution is -2.08. The number of hydrogen-bond donors (Lipinski definition) is 1. The Morgan fingerprint density at radius 1 is 1.47 bits per heavy atom. The van der Waals surface area contributed by atoms with Crippen molar-refractivity contribution in [2.24, 2.45) is 5.16 Å². The van der Waals surface area contributed by atoms with Crippen LogP contribution in [0.3, 0.4) is 0 Å². The minimum Gasteiger partial charge on any atom is -0.381 e. The Balaban J connectivity index is 2.14. The van der Waals surface area contributed by atoms with Gasteiger partial charge < -0.3 is 9.73 Å². The highest BCUT2D eigenvalue weighted by atomic mass is 31.2. The zero-order valence-corrected chi connectivity index (χ0v) is 9.22. The fourth-order valence-electron chi connectivity index (χ4n) is 1.42. The molecule has 0 saturated heterocycles. The van der Waals surface area contributed by atoms with Crippen LogP contribution in [-0.2, 0) is 9.40 Å². The Labute approximate surface area is 88.0 Å². The van der Waals surface area contributed by atoms with Crippen LogP contribution in [0.1, 0.15) is 12.0 Å². The van der Waals surface area contributed by atoms with Gasteiger partial charge in [-0.1, -0.05) is 35.5 Å². The Morgan fingerprint density at radius 2 is 2.13 bits per heavy atom. The third-order valence-electron chi connectivity index (χ3n) is 2.29. The fraction of sp³-hybridized carbons (Fsp3) is 0.300. The van der Waals surface area contributed by atoms with Gasteiger partial charge >= 0.3 is 0 Å². The summed E-state index contributed by atoms with van der Waals surface area (Å²) in [6, 6.07) is 9.52. The van der Waals surface area contributed by atoms with Crippen LogP contribution in [0.15, 0.2) is 35.5 Å². The molecule has 1 aliphatic rings. The molecular formula is C10H12NO3P. The number of nitrogens with zero attached hydrogens (tertiary/aromatic N) is 1. The Hall–Kier alpha value is -1.12. The lowest BCUT2D eigenvalue weighted by atomic mass is 10.1. The van der Waals surface area contributed by atoms with Gasteiger partial charge in [-0.05, 0) is 5.56 Å². The molecule has 0 saturated carbocycles. The standard InChI is InChI=1S/C10H12NO3P/c1-15(12,13)10-7-9(11-14-10)8-5-3-2-4-6-8/h2-6,10H,7H2,1H3,(H,12,13). The van der Waals surface area contributed by atoms with E-state index in [0.717, 1.165) is 11.3 Å². The summed E-state index contributed by atoms with van der Waals surface area (Å²) in [5.41, 5.74) is 1.67. The minimum absolute atomic E-state index is 0.397. The van der Waals surface area contributed by atoms with Crippen molar-refractivity contribution in [3.05, 3.63) is 35.9 Å². The topological polar surface area (TPSA) is 58.9 Å². The fourth-order valence-corrected chi connectivity index (χ4v) is 2.16. The molecule has 2 rings (SSSR count). The smallest absolute Gasteiger partial charge is 0.240 e. The number of oxime groups is 1. The Bertz CT molecular complexity index is 424. The lowest BCUT2D eigenvalue weighted by Gasteiger charge is -2.10. The lowest BCUT2D eigenvalue weighted by molar-refractivity contribution is 0.131. The highest BCUT2D eigenvalue weighted by Crippen LogP contribution is 2.46. The Morgan fingerprint density at radius 3 is 2.67 bits per heavy atom. The van der Waals surface area contributed by atoms with Crippen LogP contribution in [0, 0.1) is 0 Å². The van der Waals surface area contributed by atoms with Gasteiger partial charge in [-0.3, -0.25) is 4.57 Å². The maximum absolute atomic E-state index is 11.4. The summed E-state index contributed by atoms with van der Waals surface area (Å²) in [5.74, 6) is -0.687. The van der Waals surface area contributed by atoms with Crippen LogP contribution < -0.4 is 0 Å². The average molecular weight is 225 g/mol. The van der Waals surface area contributed by atoms with Crippen molar-refractivity contribution in [1.29, 1.82) is 0 Å². The molecule has 0 aliphatic carbocycles. The SMILES string of the molecule is CP(=O)(O)C1CC(c2ccccc2)=NO1. The summed E-state index contributed by atoms with van der Waals surface area (Å²) >= 11 is 0. The largest absolute Gasteiger partial charge is 0.381 e. The zero-order valence-electron chi connectivity index (χ0n) is 8.33. The summed E-state index contributed by atoms with van der Waals surface area (Å²) in [4.78, 5) is 14.3. The first kappa shape index (κ1) is 10.4. The van der Waals surface area contributed by atoms with Gasteiger partial charge in [0.2, 0.25) is 13.2 Å². The maximum atomic E-state index is 11.4. The van der Waals surface area contributed by atoms with Crippen molar-refractivity contribution in [3.63, 3.8) is 0 Å². The number of benzene rings is 1. The van der Waals surface area contributed by atoms with Crippen LogP contribution in [0.5, 0.6) is 0 Å². The average Bonchev–Trinajstić information content (AvgIpc) is 2.67. The second-order valence-corrected chi connectivity index (χ2v) is 6.07. The van der Waals surface area contributed by atoms with Gasteiger partial charge in [0.25, 0.3) is 0 Å². The quantitative estimate of drug-likeness (QED) is 0.783. The van der Waals surface area contributed by atoms with Gasteiger partial charge in [-0.25, -0.2) is 0 Å². The van der Waals surface area contributed by atoms with Gasteiger partial charge in [0, 0.05) is 13.1 Å². The monoisotopic (exact) mass is 225 g/mol. The van der Waals surface area contributed by atoms with Crippen LogP contribution in [0.2, 0.25) is 0 Å². The summed E-state index contributed by atoms with van der Waals surface area (Å²) in [5, 5.41) is 3.84. The first-order chi connectivity index (χ1) is 7.07. The first-order valence-corrected chi connectivity index (χ1v) is 6.83. The van der Waals surface area contributed by atoms with E-state index in [-0.39, 0.29) is 0 Å². The van der Waals surface area contributed by atoms with Crippen LogP contribution >= 0.6 is 7.37 Å². The predicted molar refractivity (Wildman–Crippen MR) is 58.2 cm³/mol. The van der Waals surface area contributed by atoms with E-state index in [2.05, 4.69) is 5.16 Å². The van der Waals surface area contributed by atoms with Crippen molar-refractivity contribution >= 4 is 13.1 Å². The Kier molecular flexibility index (Phi) is 2.63. The third-order valence-corrected chi connectivity index (χ3v) is 3.64. The normalized spacial score (nSPS) is 24.1. The summed E-state index contributed by atoms with van der Waals surface area (Å²) < 4.78 is 11.4. The molecular weight excluding hydrogens is 213 g/mol. The summed E-state index contributed by atoms with van der Waals surface area (Å²) in [7, 11) is -3.21. The molecule has 0 radical (unpaired) electrons. The van der Waals surface area contributed by atoms with Crippen molar-refractivity contribution in [2.75, 3.05) is 6.66 Å². The molecule has 15 heavy (non-hydrogen) atoms. The minimum atomic E-state index is -3.21. The zero-order chi connectivity index (χ0) is 10.9. The molecule has 2 unspecified atom stereocenters. The molecule has 1 aliphatic heterocycles. The second-order valence-electron chi connectivity index (χ2n) is 3.61. The molecule has 0 bridgehead atoms. The molecule has 1 heterocycles. The number of hydrogen-bond acceptors (Lipinski definition) is 3. The van der Waals surface area contributed by atoms with E-state index in [1.165, 1.54) is 6.66 Å². The molecule has 0 spiro atoms. The summed E-state index contributed by atoms with van der Waals surface area (Å²) in [6.45, 7) is 1.29. The molecule has 80 valence electrons. The van der Waals surface area contributed by atoms with Crippen molar-refractivity contribution < 1.29 is 14.3 Å². The van der Waals surface area contributed by atoms with E-state index >= 15 is 0 Å². The van der Waals surface area contributed by atoms with Gasteiger partial charge in [0.1, 0.15) is 0 Å². The molecule has 1 aromatic carbocycles. The highest BCUT2D eigenvalue weighted by molar-refractivity contribution is 7.57. The summed E-state index contributed by atoms with van der Waals surface area (Å²) in [6.07, 6.45) is 0.397. The molecule has 0 amide bonds. The van der Waals surface area contributed by atoms with Gasteiger partial charge in [0.15, 0.2) is 0 Å². The first-order valence-electron chi connectivity index (χ1n) is 4.65. The van der Waals surface area contributed by atoms with E-state index < -0.39 is 13.2 Å². The molecule has 5 heteroatoms. The molecule has 4 nitrogen and oxygen atoms in total.